The fourth-order valence-corrected chi connectivity index (χ4v) is 2.98. The molecule has 2 aromatic rings. The van der Waals surface area contributed by atoms with Crippen LogP contribution in [-0.2, 0) is 26.2 Å². The third-order valence-electron chi connectivity index (χ3n) is 3.33. The molecule has 2 aromatic carbocycles. The number of carbonyl (C=O) groups excluding carboxylic acids is 2. The first kappa shape index (κ1) is 19.3. The first-order valence-corrected chi connectivity index (χ1v) is 9.16. The highest BCUT2D eigenvalue weighted by atomic mass is 32.2. The van der Waals surface area contributed by atoms with E-state index < -0.39 is 28.3 Å². The molecule has 1 atom stereocenters. The zero-order valence-corrected chi connectivity index (χ0v) is 14.8. The standard InChI is InChI=1S/C17H19N3O5S/c1-25-16(21)15(12-13-8-4-2-5-9-13)18-17(22)20-26(23,24)19-14-10-6-3-7-11-14/h2-11,15,19H,12H2,1H3,(H2,18,20,22)/t15-/m0/s1. The lowest BCUT2D eigenvalue weighted by Gasteiger charge is -2.17. The molecule has 0 radical (unpaired) electrons. The zero-order chi connectivity index (χ0) is 19.0. The van der Waals surface area contributed by atoms with Gasteiger partial charge in [0.2, 0.25) is 0 Å². The normalized spacial score (nSPS) is 11.9. The number of esters is 1. The number of nitrogens with one attached hydrogen (secondary N) is 3. The van der Waals surface area contributed by atoms with E-state index in [1.54, 1.807) is 47.2 Å². The Labute approximate surface area is 151 Å². The van der Waals surface area contributed by atoms with E-state index in [0.29, 0.717) is 5.69 Å². The average molecular weight is 377 g/mol. The summed E-state index contributed by atoms with van der Waals surface area (Å²) in [4.78, 5) is 23.9. The highest BCUT2D eigenvalue weighted by Crippen LogP contribution is 2.07. The van der Waals surface area contributed by atoms with Gasteiger partial charge in [0.05, 0.1) is 12.8 Å². The van der Waals surface area contributed by atoms with Gasteiger partial charge in [0.25, 0.3) is 0 Å². The summed E-state index contributed by atoms with van der Waals surface area (Å²) >= 11 is 0. The number of benzene rings is 2. The van der Waals surface area contributed by atoms with Crippen molar-refractivity contribution in [3.63, 3.8) is 0 Å². The number of hydrogen-bond acceptors (Lipinski definition) is 5. The summed E-state index contributed by atoms with van der Waals surface area (Å²) in [5, 5.41) is 2.31. The van der Waals surface area contributed by atoms with Gasteiger partial charge in [0.1, 0.15) is 6.04 Å². The molecule has 138 valence electrons. The largest absolute Gasteiger partial charge is 0.467 e. The van der Waals surface area contributed by atoms with Gasteiger partial charge < -0.3 is 10.1 Å². The highest BCUT2D eigenvalue weighted by molar-refractivity contribution is 7.91. The molecule has 0 heterocycles. The van der Waals surface area contributed by atoms with E-state index in [1.165, 1.54) is 19.2 Å². The number of carbonyl (C=O) groups is 2. The minimum atomic E-state index is -4.15. The lowest BCUT2D eigenvalue weighted by Crippen LogP contribution is -2.50. The second-order valence-electron chi connectivity index (χ2n) is 5.31. The molecule has 0 aromatic heterocycles. The van der Waals surface area contributed by atoms with E-state index in [-0.39, 0.29) is 6.42 Å². The van der Waals surface area contributed by atoms with Crippen LogP contribution in [0.4, 0.5) is 10.5 Å². The van der Waals surface area contributed by atoms with Crippen molar-refractivity contribution in [2.75, 3.05) is 11.8 Å². The summed E-state index contributed by atoms with van der Waals surface area (Å²) in [6, 6.07) is 15.0. The van der Waals surface area contributed by atoms with Gasteiger partial charge in [-0.25, -0.2) is 14.3 Å². The van der Waals surface area contributed by atoms with Gasteiger partial charge in [-0.15, -0.1) is 0 Å². The molecule has 8 nitrogen and oxygen atoms in total. The summed E-state index contributed by atoms with van der Waals surface area (Å²) < 4.78 is 32.6. The third-order valence-corrected chi connectivity index (χ3v) is 4.29. The molecule has 0 aliphatic rings. The molecule has 9 heteroatoms. The number of amides is 2. The first-order valence-electron chi connectivity index (χ1n) is 7.67. The van der Waals surface area contributed by atoms with Crippen LogP contribution in [0.3, 0.4) is 0 Å². The van der Waals surface area contributed by atoms with Crippen molar-refractivity contribution in [1.82, 2.24) is 10.0 Å². The van der Waals surface area contributed by atoms with Crippen LogP contribution in [0.15, 0.2) is 60.7 Å². The lowest BCUT2D eigenvalue weighted by atomic mass is 10.1. The number of anilines is 1. The molecule has 0 unspecified atom stereocenters. The predicted molar refractivity (Wildman–Crippen MR) is 96.6 cm³/mol. The van der Waals surface area contributed by atoms with Crippen LogP contribution in [0.2, 0.25) is 0 Å². The molecule has 0 aliphatic heterocycles. The first-order chi connectivity index (χ1) is 12.4. The van der Waals surface area contributed by atoms with Gasteiger partial charge in [-0.3, -0.25) is 4.72 Å². The van der Waals surface area contributed by atoms with E-state index in [2.05, 4.69) is 14.8 Å². The van der Waals surface area contributed by atoms with Crippen molar-refractivity contribution in [1.29, 1.82) is 0 Å². The minimum absolute atomic E-state index is 0.160. The number of ether oxygens (including phenoxy) is 1. The second kappa shape index (κ2) is 8.86. The molecule has 0 saturated carbocycles. The molecular formula is C17H19N3O5S. The van der Waals surface area contributed by atoms with E-state index in [1.807, 2.05) is 6.07 Å². The lowest BCUT2D eigenvalue weighted by molar-refractivity contribution is -0.142. The van der Waals surface area contributed by atoms with Gasteiger partial charge in [-0.05, 0) is 17.7 Å². The molecule has 0 spiro atoms. The van der Waals surface area contributed by atoms with Crippen molar-refractivity contribution in [3.05, 3.63) is 66.2 Å². The highest BCUT2D eigenvalue weighted by Gasteiger charge is 2.24. The van der Waals surface area contributed by atoms with E-state index in [0.717, 1.165) is 5.56 Å². The third kappa shape index (κ3) is 6.10. The monoisotopic (exact) mass is 377 g/mol. The van der Waals surface area contributed by atoms with Crippen LogP contribution >= 0.6 is 0 Å². The maximum Gasteiger partial charge on any atom is 0.330 e. The average Bonchev–Trinajstić information content (AvgIpc) is 2.61. The predicted octanol–water partition coefficient (Wildman–Crippen LogP) is 1.43. The van der Waals surface area contributed by atoms with E-state index in [4.69, 9.17) is 0 Å². The molecule has 0 aliphatic carbocycles. The van der Waals surface area contributed by atoms with Gasteiger partial charge in [-0.2, -0.15) is 8.42 Å². The number of rotatable bonds is 7. The fraction of sp³-hybridized carbons (Fsp3) is 0.176. The number of para-hydroxylation sites is 1. The Hall–Kier alpha value is -3.07. The quantitative estimate of drug-likeness (QED) is 0.632. The van der Waals surface area contributed by atoms with Gasteiger partial charge >= 0.3 is 22.2 Å². The van der Waals surface area contributed by atoms with Crippen molar-refractivity contribution in [2.45, 2.75) is 12.5 Å². The number of urea groups is 1. The Bertz CT molecular complexity index is 841. The van der Waals surface area contributed by atoms with Crippen LogP contribution in [0.25, 0.3) is 0 Å². The van der Waals surface area contributed by atoms with E-state index >= 15 is 0 Å². The van der Waals surface area contributed by atoms with Crippen molar-refractivity contribution >= 4 is 27.9 Å². The van der Waals surface area contributed by atoms with Crippen molar-refractivity contribution in [2.24, 2.45) is 0 Å². The Morgan fingerprint density at radius 2 is 1.58 bits per heavy atom. The Morgan fingerprint density at radius 3 is 2.15 bits per heavy atom. The summed E-state index contributed by atoms with van der Waals surface area (Å²) in [6.07, 6.45) is 0.160. The molecule has 0 fully saturated rings. The Balaban J connectivity index is 2.01. The number of hydrogen-bond donors (Lipinski definition) is 3. The zero-order valence-electron chi connectivity index (χ0n) is 14.0. The summed E-state index contributed by atoms with van der Waals surface area (Å²) in [7, 11) is -2.96. The van der Waals surface area contributed by atoms with Crippen LogP contribution in [0.5, 0.6) is 0 Å². The van der Waals surface area contributed by atoms with Crippen LogP contribution < -0.4 is 14.8 Å². The molecule has 2 rings (SSSR count). The Kier molecular flexibility index (Phi) is 6.56. The van der Waals surface area contributed by atoms with Crippen molar-refractivity contribution in [3.8, 4) is 0 Å². The summed E-state index contributed by atoms with van der Waals surface area (Å²) in [5.74, 6) is -0.683. The molecular weight excluding hydrogens is 358 g/mol. The topological polar surface area (TPSA) is 114 Å². The molecule has 26 heavy (non-hydrogen) atoms. The van der Waals surface area contributed by atoms with Crippen LogP contribution in [-0.4, -0.2) is 33.6 Å². The van der Waals surface area contributed by atoms with Crippen molar-refractivity contribution < 1.29 is 22.7 Å². The fourth-order valence-electron chi connectivity index (χ4n) is 2.18. The van der Waals surface area contributed by atoms with E-state index in [9.17, 15) is 18.0 Å². The summed E-state index contributed by atoms with van der Waals surface area (Å²) in [5.41, 5.74) is 1.08. The van der Waals surface area contributed by atoms with Gasteiger partial charge in [-0.1, -0.05) is 48.5 Å². The maximum atomic E-state index is 12.0. The second-order valence-corrected chi connectivity index (χ2v) is 6.73. The summed E-state index contributed by atoms with van der Waals surface area (Å²) in [6.45, 7) is 0. The maximum absolute atomic E-state index is 12.0. The van der Waals surface area contributed by atoms with Crippen LogP contribution in [0, 0.1) is 0 Å². The SMILES string of the molecule is COC(=O)[C@H](Cc1ccccc1)NC(=O)NS(=O)(=O)Nc1ccccc1. The van der Waals surface area contributed by atoms with Gasteiger partial charge in [0.15, 0.2) is 0 Å². The van der Waals surface area contributed by atoms with Crippen LogP contribution in [0.1, 0.15) is 5.56 Å². The Morgan fingerprint density at radius 1 is 1.00 bits per heavy atom. The molecule has 3 N–H and O–H groups in total. The number of methoxy groups -OCH3 is 1. The molecule has 2 amide bonds. The van der Waals surface area contributed by atoms with Gasteiger partial charge in [0, 0.05) is 6.42 Å². The molecule has 0 bridgehead atoms. The smallest absolute Gasteiger partial charge is 0.330 e. The molecule has 0 saturated heterocycles. The minimum Gasteiger partial charge on any atom is -0.467 e.